The van der Waals surface area contributed by atoms with Crippen LogP contribution < -0.4 is 10.6 Å². The number of hydrogen-bond acceptors (Lipinski definition) is 2. The Morgan fingerprint density at radius 3 is 2.44 bits per heavy atom. The van der Waals surface area contributed by atoms with Crippen molar-refractivity contribution in [1.82, 2.24) is 4.98 Å². The zero-order chi connectivity index (χ0) is 17.2. The number of primary amides is 1. The molecule has 25 heavy (non-hydrogen) atoms. The van der Waals surface area contributed by atoms with Crippen molar-refractivity contribution in [3.63, 3.8) is 0 Å². The molecule has 2 aromatic carbocycles. The summed E-state index contributed by atoms with van der Waals surface area (Å²) in [7, 11) is 0. The minimum atomic E-state index is -0.391. The van der Waals surface area contributed by atoms with E-state index in [0.29, 0.717) is 11.6 Å². The molecule has 128 valence electrons. The van der Waals surface area contributed by atoms with E-state index in [1.807, 2.05) is 18.2 Å². The van der Waals surface area contributed by atoms with Gasteiger partial charge >= 0.3 is 0 Å². The smallest absolute Gasteiger partial charge is 0.267 e. The van der Waals surface area contributed by atoms with Gasteiger partial charge in [-0.3, -0.25) is 4.79 Å². The molecule has 0 unspecified atom stereocenters. The second-order valence-electron chi connectivity index (χ2n) is 6.88. The van der Waals surface area contributed by atoms with Gasteiger partial charge in [0.25, 0.3) is 5.91 Å². The maximum Gasteiger partial charge on any atom is 0.267 e. The molecule has 1 fully saturated rings. The molecule has 1 aliphatic heterocycles. The van der Waals surface area contributed by atoms with Crippen molar-refractivity contribution in [3.8, 4) is 0 Å². The summed E-state index contributed by atoms with van der Waals surface area (Å²) in [4.78, 5) is 17.4. The van der Waals surface area contributed by atoms with E-state index in [9.17, 15) is 4.79 Å². The van der Waals surface area contributed by atoms with Gasteiger partial charge < -0.3 is 15.6 Å². The van der Waals surface area contributed by atoms with Gasteiger partial charge in [-0.05, 0) is 36.8 Å². The molecule has 0 radical (unpaired) electrons. The van der Waals surface area contributed by atoms with E-state index in [-0.39, 0.29) is 0 Å². The molecule has 3 N–H and O–H groups in total. The van der Waals surface area contributed by atoms with Gasteiger partial charge in [0, 0.05) is 24.0 Å². The second-order valence-corrected chi connectivity index (χ2v) is 6.88. The lowest BCUT2D eigenvalue weighted by molar-refractivity contribution is 0.0996. The number of fused-ring (bicyclic) bond motifs is 1. The number of H-pyrrole nitrogens is 1. The lowest BCUT2D eigenvalue weighted by atomic mass is 9.90. The summed E-state index contributed by atoms with van der Waals surface area (Å²) in [6.45, 7) is 1.92. The van der Waals surface area contributed by atoms with E-state index < -0.39 is 5.91 Å². The average molecular weight is 333 g/mol. The molecular formula is C21H23N3O. The number of hydrogen-bond donors (Lipinski definition) is 2. The van der Waals surface area contributed by atoms with Crippen LogP contribution in [0, 0.1) is 5.92 Å². The van der Waals surface area contributed by atoms with Gasteiger partial charge in [0.1, 0.15) is 5.69 Å². The zero-order valence-corrected chi connectivity index (χ0v) is 14.2. The average Bonchev–Trinajstić information content (AvgIpc) is 3.03. The Kier molecular flexibility index (Phi) is 4.18. The van der Waals surface area contributed by atoms with E-state index >= 15 is 0 Å². The highest BCUT2D eigenvalue weighted by molar-refractivity contribution is 6.07. The van der Waals surface area contributed by atoms with Crippen LogP contribution in [0.3, 0.4) is 0 Å². The van der Waals surface area contributed by atoms with E-state index in [0.717, 1.165) is 48.9 Å². The van der Waals surface area contributed by atoms with Crippen LogP contribution in [0.5, 0.6) is 0 Å². The number of rotatable bonds is 4. The summed E-state index contributed by atoms with van der Waals surface area (Å²) in [6.07, 6.45) is 3.39. The van der Waals surface area contributed by atoms with Gasteiger partial charge in [0.2, 0.25) is 0 Å². The van der Waals surface area contributed by atoms with Crippen LogP contribution in [-0.2, 0) is 6.42 Å². The standard InChI is InChI=1S/C21H23N3O/c22-21(25)19-20(17-8-4-5-9-18(17)23-19)24-12-10-16(11-13-24)14-15-6-2-1-3-7-15/h1-9,16,23H,10-14H2,(H2,22,25). The minimum absolute atomic E-state index is 0.391. The van der Waals surface area contributed by atoms with Gasteiger partial charge in [-0.25, -0.2) is 0 Å². The molecule has 1 saturated heterocycles. The predicted molar refractivity (Wildman–Crippen MR) is 102 cm³/mol. The van der Waals surface area contributed by atoms with Crippen LogP contribution in [-0.4, -0.2) is 24.0 Å². The number of aromatic nitrogens is 1. The first kappa shape index (κ1) is 15.8. The number of anilines is 1. The van der Waals surface area contributed by atoms with Gasteiger partial charge in [-0.1, -0.05) is 48.5 Å². The van der Waals surface area contributed by atoms with Crippen LogP contribution in [0.1, 0.15) is 28.9 Å². The molecule has 0 bridgehead atoms. The van der Waals surface area contributed by atoms with Crippen molar-refractivity contribution in [2.24, 2.45) is 11.7 Å². The quantitative estimate of drug-likeness (QED) is 0.764. The fourth-order valence-electron chi connectivity index (χ4n) is 3.94. The Hall–Kier alpha value is -2.75. The molecule has 1 amide bonds. The number of nitrogens with two attached hydrogens (primary N) is 1. The number of carbonyl (C=O) groups excluding carboxylic acids is 1. The Bertz CT molecular complexity index is 877. The number of amides is 1. The molecule has 0 atom stereocenters. The molecule has 4 nitrogen and oxygen atoms in total. The number of para-hydroxylation sites is 1. The molecule has 3 aromatic rings. The maximum atomic E-state index is 11.9. The molecule has 0 aliphatic carbocycles. The Morgan fingerprint density at radius 1 is 1.04 bits per heavy atom. The maximum absolute atomic E-state index is 11.9. The first-order chi connectivity index (χ1) is 12.2. The third-order valence-electron chi connectivity index (χ3n) is 5.22. The van der Waals surface area contributed by atoms with Crippen molar-refractivity contribution in [2.75, 3.05) is 18.0 Å². The lowest BCUT2D eigenvalue weighted by Crippen LogP contribution is -2.35. The summed E-state index contributed by atoms with van der Waals surface area (Å²) in [5, 5.41) is 1.08. The normalized spacial score (nSPS) is 15.6. The van der Waals surface area contributed by atoms with Crippen molar-refractivity contribution < 1.29 is 4.79 Å². The number of aromatic amines is 1. The molecule has 1 aromatic heterocycles. The van der Waals surface area contributed by atoms with E-state index in [1.54, 1.807) is 0 Å². The summed E-state index contributed by atoms with van der Waals surface area (Å²) in [5.74, 6) is 0.304. The van der Waals surface area contributed by atoms with Crippen LogP contribution in [0.15, 0.2) is 54.6 Å². The molecule has 1 aliphatic rings. The second kappa shape index (κ2) is 6.63. The number of carbonyl (C=O) groups is 1. The van der Waals surface area contributed by atoms with Crippen LogP contribution >= 0.6 is 0 Å². The van der Waals surface area contributed by atoms with Crippen LogP contribution in [0.2, 0.25) is 0 Å². The summed E-state index contributed by atoms with van der Waals surface area (Å²) < 4.78 is 0. The van der Waals surface area contributed by atoms with E-state index in [2.05, 4.69) is 46.3 Å². The predicted octanol–water partition coefficient (Wildman–Crippen LogP) is 3.73. The minimum Gasteiger partial charge on any atom is -0.369 e. The van der Waals surface area contributed by atoms with Gasteiger partial charge in [-0.2, -0.15) is 0 Å². The number of piperidine rings is 1. The highest BCUT2D eigenvalue weighted by atomic mass is 16.1. The number of nitrogens with zero attached hydrogens (tertiary/aromatic N) is 1. The van der Waals surface area contributed by atoms with Gasteiger partial charge in [-0.15, -0.1) is 0 Å². The molecule has 2 heterocycles. The molecular weight excluding hydrogens is 310 g/mol. The summed E-state index contributed by atoms with van der Waals surface area (Å²) in [5.41, 5.74) is 9.50. The topological polar surface area (TPSA) is 62.1 Å². The molecule has 0 saturated carbocycles. The Morgan fingerprint density at radius 2 is 1.72 bits per heavy atom. The van der Waals surface area contributed by atoms with Crippen molar-refractivity contribution in [1.29, 1.82) is 0 Å². The summed E-state index contributed by atoms with van der Waals surface area (Å²) in [6, 6.07) is 18.7. The Balaban J connectivity index is 1.54. The molecule has 4 heteroatoms. The van der Waals surface area contributed by atoms with Crippen molar-refractivity contribution in [3.05, 3.63) is 65.9 Å². The summed E-state index contributed by atoms with van der Waals surface area (Å²) >= 11 is 0. The molecule has 0 spiro atoms. The fourth-order valence-corrected chi connectivity index (χ4v) is 3.94. The first-order valence-electron chi connectivity index (χ1n) is 8.92. The lowest BCUT2D eigenvalue weighted by Gasteiger charge is -2.34. The molecule has 4 rings (SSSR count). The van der Waals surface area contributed by atoms with Gasteiger partial charge in [0.05, 0.1) is 5.69 Å². The van der Waals surface area contributed by atoms with Crippen molar-refractivity contribution >= 4 is 22.5 Å². The van der Waals surface area contributed by atoms with Crippen molar-refractivity contribution in [2.45, 2.75) is 19.3 Å². The van der Waals surface area contributed by atoms with E-state index in [1.165, 1.54) is 5.56 Å². The Labute approximate surface area is 147 Å². The highest BCUT2D eigenvalue weighted by Gasteiger charge is 2.25. The number of benzene rings is 2. The third kappa shape index (κ3) is 3.12. The fraction of sp³-hybridized carbons (Fsp3) is 0.286. The van der Waals surface area contributed by atoms with E-state index in [4.69, 9.17) is 5.73 Å². The highest BCUT2D eigenvalue weighted by Crippen LogP contribution is 2.34. The first-order valence-corrected chi connectivity index (χ1v) is 8.92. The third-order valence-corrected chi connectivity index (χ3v) is 5.22. The largest absolute Gasteiger partial charge is 0.369 e. The van der Waals surface area contributed by atoms with Crippen LogP contribution in [0.25, 0.3) is 10.9 Å². The van der Waals surface area contributed by atoms with Crippen LogP contribution in [0.4, 0.5) is 5.69 Å². The monoisotopic (exact) mass is 333 g/mol. The van der Waals surface area contributed by atoms with Gasteiger partial charge in [0.15, 0.2) is 0 Å². The zero-order valence-electron chi connectivity index (χ0n) is 14.2. The number of nitrogens with one attached hydrogen (secondary N) is 1. The SMILES string of the molecule is NC(=O)c1[nH]c2ccccc2c1N1CCC(Cc2ccccc2)CC1.